The highest BCUT2D eigenvalue weighted by Crippen LogP contribution is 2.30. The van der Waals surface area contributed by atoms with Crippen LogP contribution in [0.25, 0.3) is 22.2 Å². The molecule has 0 atom stereocenters. The molecule has 134 valence electrons. The molecule has 4 heterocycles. The average molecular weight is 436 g/mol. The Hall–Kier alpha value is -2.46. The molecule has 4 rings (SSSR count). The van der Waals surface area contributed by atoms with Crippen molar-refractivity contribution >= 4 is 36.9 Å². The van der Waals surface area contributed by atoms with Gasteiger partial charge in [-0.05, 0) is 35.0 Å². The van der Waals surface area contributed by atoms with Crippen molar-refractivity contribution in [2.24, 2.45) is 0 Å². The number of aryl methyl sites for hydroxylation is 1. The van der Waals surface area contributed by atoms with Crippen LogP contribution in [0, 0.1) is 6.92 Å². The summed E-state index contributed by atoms with van der Waals surface area (Å²) in [6.45, 7) is 2.26. The molecule has 4 aromatic heterocycles. The quantitative estimate of drug-likeness (QED) is 0.457. The van der Waals surface area contributed by atoms with Crippen LogP contribution in [-0.4, -0.2) is 38.6 Å². The van der Waals surface area contributed by atoms with Crippen LogP contribution in [0.15, 0.2) is 45.9 Å². The number of hydrogen-bond acceptors (Lipinski definition) is 6. The fraction of sp³-hybridized carbons (Fsp3) is 0.188. The average Bonchev–Trinajstić information content (AvgIpc) is 3.24. The number of rotatable bonds is 4. The number of halogens is 1. The molecule has 0 N–H and O–H groups in total. The Balaban J connectivity index is 1.82. The van der Waals surface area contributed by atoms with Gasteiger partial charge in [-0.2, -0.15) is 5.10 Å². The zero-order chi connectivity index (χ0) is 18.5. The van der Waals surface area contributed by atoms with E-state index in [1.54, 1.807) is 35.4 Å². The minimum absolute atomic E-state index is 0.434. The Kier molecular flexibility index (Phi) is 3.96. The monoisotopic (exact) mass is 435 g/mol. The molecule has 0 aromatic carbocycles. The van der Waals surface area contributed by atoms with E-state index < -0.39 is 10.0 Å². The van der Waals surface area contributed by atoms with Gasteiger partial charge in [0.15, 0.2) is 0 Å². The van der Waals surface area contributed by atoms with Crippen LogP contribution in [0.2, 0.25) is 0 Å². The second-order valence-electron chi connectivity index (χ2n) is 5.98. The molecule has 26 heavy (non-hydrogen) atoms. The third kappa shape index (κ3) is 3.06. The summed E-state index contributed by atoms with van der Waals surface area (Å²) in [5, 5.41) is 8.98. The Morgan fingerprint density at radius 3 is 2.73 bits per heavy atom. The summed E-state index contributed by atoms with van der Waals surface area (Å²) < 4.78 is 33.4. The summed E-state index contributed by atoms with van der Waals surface area (Å²) in [5.41, 5.74) is 2.52. The lowest BCUT2D eigenvalue weighted by molar-refractivity contribution is 0.387. The Morgan fingerprint density at radius 2 is 2.04 bits per heavy atom. The maximum absolute atomic E-state index is 12.4. The molecule has 0 bridgehead atoms. The lowest BCUT2D eigenvalue weighted by Crippen LogP contribution is -2.11. The molecule has 8 nitrogen and oxygen atoms in total. The van der Waals surface area contributed by atoms with E-state index in [0.29, 0.717) is 27.9 Å². The molecule has 0 spiro atoms. The normalized spacial score (nSPS) is 12.1. The van der Waals surface area contributed by atoms with Gasteiger partial charge in [0, 0.05) is 29.4 Å². The molecule has 0 saturated heterocycles. The molecule has 0 amide bonds. The maximum atomic E-state index is 12.4. The van der Waals surface area contributed by atoms with Crippen molar-refractivity contribution in [1.82, 2.24) is 23.9 Å². The summed E-state index contributed by atoms with van der Waals surface area (Å²) in [5.74, 6) is 0.725. The number of nitrogens with zero attached hydrogens (tertiary/aromatic N) is 5. The van der Waals surface area contributed by atoms with Gasteiger partial charge < -0.3 is 4.52 Å². The maximum Gasteiger partial charge on any atom is 0.236 e. The minimum atomic E-state index is -3.52. The fourth-order valence-electron chi connectivity index (χ4n) is 2.85. The number of pyridine rings is 1. The van der Waals surface area contributed by atoms with Crippen LogP contribution in [0.3, 0.4) is 0 Å². The van der Waals surface area contributed by atoms with Gasteiger partial charge in [0.25, 0.3) is 0 Å². The third-order valence-electron chi connectivity index (χ3n) is 3.87. The molecular formula is C16H14BrN5O3S. The third-order valence-corrected chi connectivity index (χ3v) is 5.36. The van der Waals surface area contributed by atoms with E-state index in [0.717, 1.165) is 16.8 Å². The number of aromatic nitrogens is 5. The van der Waals surface area contributed by atoms with E-state index in [1.165, 1.54) is 10.2 Å². The van der Waals surface area contributed by atoms with Crippen LogP contribution < -0.4 is 0 Å². The molecule has 4 aromatic rings. The van der Waals surface area contributed by atoms with Crippen LogP contribution in [0.4, 0.5) is 0 Å². The molecular weight excluding hydrogens is 422 g/mol. The van der Waals surface area contributed by atoms with E-state index in [4.69, 9.17) is 4.52 Å². The van der Waals surface area contributed by atoms with Gasteiger partial charge in [0.2, 0.25) is 10.0 Å². The van der Waals surface area contributed by atoms with Crippen molar-refractivity contribution in [1.29, 1.82) is 0 Å². The lowest BCUT2D eigenvalue weighted by Gasteiger charge is -2.06. The van der Waals surface area contributed by atoms with Crippen LogP contribution in [-0.2, 0) is 16.6 Å². The molecule has 0 radical (unpaired) electrons. The molecule has 10 heteroatoms. The highest BCUT2D eigenvalue weighted by atomic mass is 79.9. The fourth-order valence-corrected chi connectivity index (χ4v) is 4.20. The van der Waals surface area contributed by atoms with E-state index in [2.05, 4.69) is 31.2 Å². The van der Waals surface area contributed by atoms with E-state index in [9.17, 15) is 8.42 Å². The van der Waals surface area contributed by atoms with Gasteiger partial charge in [-0.1, -0.05) is 5.16 Å². The van der Waals surface area contributed by atoms with Gasteiger partial charge in [-0.3, -0.25) is 4.68 Å². The second-order valence-corrected chi connectivity index (χ2v) is 8.62. The largest absolute Gasteiger partial charge is 0.361 e. The molecule has 0 saturated carbocycles. The molecule has 0 unspecified atom stereocenters. The zero-order valence-corrected chi connectivity index (χ0v) is 16.3. The number of fused-ring (bicyclic) bond motifs is 1. The standard InChI is InChI=1S/C16H14BrN5O3S/c1-10-3-13(20-25-10)9-21-8-12(7-19-21)14-4-11-6-18-16(17)5-15(11)22(14)26(2,23)24/h3-8H,9H2,1-2H3. The van der Waals surface area contributed by atoms with Crippen LogP contribution >= 0.6 is 15.9 Å². The van der Waals surface area contributed by atoms with E-state index >= 15 is 0 Å². The van der Waals surface area contributed by atoms with Crippen molar-refractivity contribution in [3.63, 3.8) is 0 Å². The van der Waals surface area contributed by atoms with Crippen molar-refractivity contribution in [3.05, 3.63) is 52.8 Å². The number of hydrogen-bond donors (Lipinski definition) is 0. The molecule has 0 aliphatic rings. The second kappa shape index (κ2) is 6.06. The van der Waals surface area contributed by atoms with E-state index in [-0.39, 0.29) is 0 Å². The zero-order valence-electron chi connectivity index (χ0n) is 13.9. The summed E-state index contributed by atoms with van der Waals surface area (Å²) in [6, 6.07) is 5.30. The summed E-state index contributed by atoms with van der Waals surface area (Å²) >= 11 is 3.29. The Labute approximate surface area is 157 Å². The Bertz CT molecular complexity index is 1220. The smallest absolute Gasteiger partial charge is 0.236 e. The van der Waals surface area contributed by atoms with Crippen molar-refractivity contribution in [2.75, 3.05) is 6.26 Å². The summed E-state index contributed by atoms with van der Waals surface area (Å²) in [4.78, 5) is 4.17. The van der Waals surface area contributed by atoms with Gasteiger partial charge >= 0.3 is 0 Å². The van der Waals surface area contributed by atoms with E-state index in [1.807, 2.05) is 13.0 Å². The first kappa shape index (κ1) is 17.0. The highest BCUT2D eigenvalue weighted by molar-refractivity contribution is 9.10. The molecule has 0 fully saturated rings. The first-order valence-electron chi connectivity index (χ1n) is 7.64. The van der Waals surface area contributed by atoms with Gasteiger partial charge in [0.1, 0.15) is 16.1 Å². The highest BCUT2D eigenvalue weighted by Gasteiger charge is 2.19. The van der Waals surface area contributed by atoms with Gasteiger partial charge in [-0.25, -0.2) is 17.4 Å². The predicted molar refractivity (Wildman–Crippen MR) is 99.2 cm³/mol. The summed E-state index contributed by atoms with van der Waals surface area (Å²) in [6.07, 6.45) is 6.22. The molecule has 0 aliphatic heterocycles. The summed E-state index contributed by atoms with van der Waals surface area (Å²) in [7, 11) is -3.52. The first-order valence-corrected chi connectivity index (χ1v) is 10.3. The predicted octanol–water partition coefficient (Wildman–Crippen LogP) is 2.81. The van der Waals surface area contributed by atoms with Crippen molar-refractivity contribution in [3.8, 4) is 11.3 Å². The van der Waals surface area contributed by atoms with Crippen molar-refractivity contribution < 1.29 is 12.9 Å². The topological polar surface area (TPSA) is 95.8 Å². The van der Waals surface area contributed by atoms with Gasteiger partial charge in [-0.15, -0.1) is 0 Å². The first-order chi connectivity index (χ1) is 12.3. The minimum Gasteiger partial charge on any atom is -0.361 e. The van der Waals surface area contributed by atoms with Gasteiger partial charge in [0.05, 0.1) is 30.2 Å². The van der Waals surface area contributed by atoms with Crippen LogP contribution in [0.1, 0.15) is 11.5 Å². The van der Waals surface area contributed by atoms with Crippen molar-refractivity contribution in [2.45, 2.75) is 13.5 Å². The lowest BCUT2D eigenvalue weighted by atomic mass is 10.2. The SMILES string of the molecule is Cc1cc(Cn2cc(-c3cc4cnc(Br)cc4n3S(C)(=O)=O)cn2)no1. The molecule has 0 aliphatic carbocycles. The van der Waals surface area contributed by atoms with Crippen LogP contribution in [0.5, 0.6) is 0 Å². The Morgan fingerprint density at radius 1 is 1.23 bits per heavy atom.